The van der Waals surface area contributed by atoms with Crippen molar-refractivity contribution in [2.24, 2.45) is 11.7 Å². The highest BCUT2D eigenvalue weighted by Gasteiger charge is 2.28. The van der Waals surface area contributed by atoms with Gasteiger partial charge in [0.2, 0.25) is 5.43 Å². The molecule has 1 atom stereocenters. The van der Waals surface area contributed by atoms with E-state index < -0.39 is 11.8 Å². The molecule has 0 bridgehead atoms. The number of primary amides is 1. The summed E-state index contributed by atoms with van der Waals surface area (Å²) in [6.45, 7) is 6.51. The second-order valence-electron chi connectivity index (χ2n) is 7.86. The summed E-state index contributed by atoms with van der Waals surface area (Å²) < 4.78 is 1.79. The van der Waals surface area contributed by atoms with Crippen LogP contribution in [-0.2, 0) is 19.4 Å². The Morgan fingerprint density at radius 2 is 2.13 bits per heavy atom. The lowest BCUT2D eigenvalue weighted by Gasteiger charge is -2.18. The van der Waals surface area contributed by atoms with Crippen LogP contribution >= 0.6 is 11.3 Å². The largest absolute Gasteiger partial charge is 0.365 e. The third-order valence-electron chi connectivity index (χ3n) is 5.63. The summed E-state index contributed by atoms with van der Waals surface area (Å²) in [7, 11) is 0. The number of aryl methyl sites for hydroxylation is 2. The number of nitrogens with one attached hydrogen (secondary N) is 1. The van der Waals surface area contributed by atoms with Crippen LogP contribution in [0.1, 0.15) is 57.1 Å². The van der Waals surface area contributed by atoms with E-state index in [0.717, 1.165) is 35.4 Å². The van der Waals surface area contributed by atoms with Crippen LogP contribution in [0.4, 0.5) is 5.00 Å². The molecule has 1 aliphatic carbocycles. The van der Waals surface area contributed by atoms with Gasteiger partial charge in [0.05, 0.1) is 10.9 Å². The fourth-order valence-corrected chi connectivity index (χ4v) is 5.44. The summed E-state index contributed by atoms with van der Waals surface area (Å²) >= 11 is 1.38. The van der Waals surface area contributed by atoms with E-state index in [1.165, 1.54) is 17.5 Å². The van der Waals surface area contributed by atoms with Crippen LogP contribution in [0.25, 0.3) is 11.0 Å². The monoisotopic (exact) mass is 424 g/mol. The van der Waals surface area contributed by atoms with Gasteiger partial charge < -0.3 is 15.6 Å². The molecule has 0 saturated heterocycles. The standard InChI is InChI=1S/C22H24N4O3S/c1-4-26-10-15(18(27)14-8-6-12(3)24-20(14)26)21(29)25-22-17(19(23)28)13-7-5-11(2)9-16(13)30-22/h6,8,10-11H,4-5,7,9H2,1-3H3,(H2,23,28)(H,25,29)/t11-/m1/s1. The summed E-state index contributed by atoms with van der Waals surface area (Å²) in [5.41, 5.74) is 7.94. The molecule has 3 aromatic heterocycles. The number of fused-ring (bicyclic) bond motifs is 2. The van der Waals surface area contributed by atoms with Crippen molar-refractivity contribution in [3.63, 3.8) is 0 Å². The van der Waals surface area contributed by atoms with E-state index in [9.17, 15) is 14.4 Å². The summed E-state index contributed by atoms with van der Waals surface area (Å²) in [4.78, 5) is 43.7. The number of carbonyl (C=O) groups is 2. The van der Waals surface area contributed by atoms with E-state index in [1.54, 1.807) is 16.7 Å². The summed E-state index contributed by atoms with van der Waals surface area (Å²) in [6, 6.07) is 3.45. The van der Waals surface area contributed by atoms with E-state index in [4.69, 9.17) is 5.73 Å². The van der Waals surface area contributed by atoms with Crippen molar-refractivity contribution in [3.05, 3.63) is 55.8 Å². The number of carbonyl (C=O) groups excluding carboxylic acids is 2. The molecule has 0 radical (unpaired) electrons. The molecule has 4 rings (SSSR count). The van der Waals surface area contributed by atoms with Crippen LogP contribution in [0, 0.1) is 12.8 Å². The van der Waals surface area contributed by atoms with Crippen LogP contribution in [0.15, 0.2) is 23.1 Å². The number of anilines is 1. The SMILES string of the molecule is CCn1cc(C(=O)Nc2sc3c(c2C(N)=O)CC[C@@H](C)C3)c(=O)c2ccc(C)nc21. The molecule has 0 unspecified atom stereocenters. The molecule has 0 aliphatic heterocycles. The van der Waals surface area contributed by atoms with Gasteiger partial charge in [0, 0.05) is 23.3 Å². The Bertz CT molecular complexity index is 1240. The zero-order valence-electron chi connectivity index (χ0n) is 17.2. The number of hydrogen-bond acceptors (Lipinski definition) is 5. The van der Waals surface area contributed by atoms with Crippen molar-refractivity contribution < 1.29 is 9.59 Å². The molecule has 30 heavy (non-hydrogen) atoms. The molecule has 0 fully saturated rings. The first kappa shape index (κ1) is 20.3. The molecule has 0 spiro atoms. The smallest absolute Gasteiger partial charge is 0.261 e. The summed E-state index contributed by atoms with van der Waals surface area (Å²) in [6.07, 6.45) is 4.15. The lowest BCUT2D eigenvalue weighted by atomic mass is 9.88. The van der Waals surface area contributed by atoms with Crippen molar-refractivity contribution in [2.75, 3.05) is 5.32 Å². The topological polar surface area (TPSA) is 107 Å². The first-order valence-electron chi connectivity index (χ1n) is 10.1. The summed E-state index contributed by atoms with van der Waals surface area (Å²) in [5, 5.41) is 3.61. The third kappa shape index (κ3) is 3.41. The average Bonchev–Trinajstić information content (AvgIpc) is 3.05. The van der Waals surface area contributed by atoms with Crippen LogP contribution in [0.3, 0.4) is 0 Å². The highest BCUT2D eigenvalue weighted by Crippen LogP contribution is 2.39. The molecule has 7 nitrogen and oxygen atoms in total. The molecule has 3 N–H and O–H groups in total. The second kappa shape index (κ2) is 7.68. The van der Waals surface area contributed by atoms with E-state index >= 15 is 0 Å². The Morgan fingerprint density at radius 1 is 1.37 bits per heavy atom. The average molecular weight is 425 g/mol. The number of pyridine rings is 2. The first-order valence-corrected chi connectivity index (χ1v) is 10.9. The number of rotatable bonds is 4. The Balaban J connectivity index is 1.78. The van der Waals surface area contributed by atoms with Crippen LogP contribution < -0.4 is 16.5 Å². The van der Waals surface area contributed by atoms with Gasteiger partial charge in [0.25, 0.3) is 11.8 Å². The van der Waals surface area contributed by atoms with Crippen LogP contribution in [0.5, 0.6) is 0 Å². The fraction of sp³-hybridized carbons (Fsp3) is 0.364. The van der Waals surface area contributed by atoms with Gasteiger partial charge in [-0.2, -0.15) is 0 Å². The van der Waals surface area contributed by atoms with Gasteiger partial charge in [-0.1, -0.05) is 6.92 Å². The number of aromatic nitrogens is 2. The number of hydrogen-bond donors (Lipinski definition) is 2. The maximum absolute atomic E-state index is 13.1. The molecule has 8 heteroatoms. The van der Waals surface area contributed by atoms with Crippen molar-refractivity contribution >= 4 is 39.2 Å². The van der Waals surface area contributed by atoms with E-state index in [-0.39, 0.29) is 11.0 Å². The molecule has 0 aromatic carbocycles. The lowest BCUT2D eigenvalue weighted by Crippen LogP contribution is -2.25. The van der Waals surface area contributed by atoms with Gasteiger partial charge in [-0.3, -0.25) is 14.4 Å². The zero-order valence-corrected chi connectivity index (χ0v) is 18.1. The van der Waals surface area contributed by atoms with E-state index in [0.29, 0.717) is 34.1 Å². The first-order chi connectivity index (χ1) is 14.3. The number of nitrogens with zero attached hydrogens (tertiary/aromatic N) is 2. The molecule has 1 aliphatic rings. The van der Waals surface area contributed by atoms with Crippen molar-refractivity contribution in [1.29, 1.82) is 0 Å². The molecule has 0 saturated carbocycles. The molecular weight excluding hydrogens is 400 g/mol. The minimum atomic E-state index is -0.554. The van der Waals surface area contributed by atoms with Gasteiger partial charge in [0.15, 0.2) is 0 Å². The highest BCUT2D eigenvalue weighted by molar-refractivity contribution is 7.17. The minimum Gasteiger partial charge on any atom is -0.365 e. The Morgan fingerprint density at radius 3 is 2.83 bits per heavy atom. The highest BCUT2D eigenvalue weighted by atomic mass is 32.1. The maximum atomic E-state index is 13.1. The maximum Gasteiger partial charge on any atom is 0.261 e. The molecule has 3 aromatic rings. The number of thiophene rings is 1. The number of nitrogens with two attached hydrogens (primary N) is 1. The van der Waals surface area contributed by atoms with Gasteiger partial charge in [-0.15, -0.1) is 11.3 Å². The van der Waals surface area contributed by atoms with Gasteiger partial charge >= 0.3 is 0 Å². The molecule has 156 valence electrons. The predicted molar refractivity (Wildman–Crippen MR) is 118 cm³/mol. The third-order valence-corrected chi connectivity index (χ3v) is 6.80. The van der Waals surface area contributed by atoms with Crippen LogP contribution in [0.2, 0.25) is 0 Å². The minimum absolute atomic E-state index is 0.0187. The normalized spacial score (nSPS) is 15.8. The van der Waals surface area contributed by atoms with Crippen molar-refractivity contribution in [1.82, 2.24) is 9.55 Å². The lowest BCUT2D eigenvalue weighted by molar-refractivity contribution is 0.1000. The van der Waals surface area contributed by atoms with Gasteiger partial charge in [-0.05, 0) is 56.7 Å². The molecule has 3 heterocycles. The Kier molecular flexibility index (Phi) is 5.19. The van der Waals surface area contributed by atoms with E-state index in [1.807, 2.05) is 13.8 Å². The molecule has 2 amide bonds. The van der Waals surface area contributed by atoms with Crippen molar-refractivity contribution in [3.8, 4) is 0 Å². The zero-order chi connectivity index (χ0) is 21.6. The quantitative estimate of drug-likeness (QED) is 0.670. The second-order valence-corrected chi connectivity index (χ2v) is 8.96. The van der Waals surface area contributed by atoms with E-state index in [2.05, 4.69) is 17.2 Å². The fourth-order valence-electron chi connectivity index (χ4n) is 4.03. The molecular formula is C22H24N4O3S. The van der Waals surface area contributed by atoms with Crippen molar-refractivity contribution in [2.45, 2.75) is 46.6 Å². The Hall–Kier alpha value is -3.00. The van der Waals surface area contributed by atoms with Gasteiger partial charge in [-0.25, -0.2) is 4.98 Å². The predicted octanol–water partition coefficient (Wildman–Crippen LogP) is 3.26. The Labute approximate surface area is 177 Å². The summed E-state index contributed by atoms with van der Waals surface area (Å²) in [5.74, 6) is -0.575. The van der Waals surface area contributed by atoms with Crippen LogP contribution in [-0.4, -0.2) is 21.4 Å². The number of amides is 2. The van der Waals surface area contributed by atoms with Gasteiger partial charge in [0.1, 0.15) is 16.2 Å².